The van der Waals surface area contributed by atoms with E-state index in [1.807, 2.05) is 13.0 Å². The van der Waals surface area contributed by atoms with Gasteiger partial charge >= 0.3 is 0 Å². The van der Waals surface area contributed by atoms with Crippen molar-refractivity contribution in [1.82, 2.24) is 9.97 Å². The number of aromatic nitrogens is 2. The third kappa shape index (κ3) is 3.68. The first-order valence-corrected chi connectivity index (χ1v) is 5.87. The van der Waals surface area contributed by atoms with Gasteiger partial charge in [0, 0.05) is 24.6 Å². The molecule has 1 aromatic rings. The Labute approximate surface area is 102 Å². The molecule has 0 saturated heterocycles. The van der Waals surface area contributed by atoms with Crippen molar-refractivity contribution in [3.05, 3.63) is 22.2 Å². The topological polar surface area (TPSA) is 37.9 Å². The number of aromatic amines is 1. The maximum absolute atomic E-state index is 5.23. The van der Waals surface area contributed by atoms with Gasteiger partial charge in [0.25, 0.3) is 0 Å². The van der Waals surface area contributed by atoms with Gasteiger partial charge in [0.15, 0.2) is 0 Å². The minimum absolute atomic E-state index is 0.0571. The number of H-pyrrole nitrogens is 1. The maximum Gasteiger partial charge on any atom is 0.130 e. The van der Waals surface area contributed by atoms with Gasteiger partial charge in [-0.25, -0.2) is 4.98 Å². The van der Waals surface area contributed by atoms with Crippen LogP contribution in [0.2, 0.25) is 0 Å². The third-order valence-electron chi connectivity index (χ3n) is 2.48. The molecule has 90 valence electrons. The molecule has 0 aliphatic rings. The van der Waals surface area contributed by atoms with Crippen molar-refractivity contribution < 1.29 is 4.74 Å². The van der Waals surface area contributed by atoms with Gasteiger partial charge in [0.1, 0.15) is 10.5 Å². The van der Waals surface area contributed by atoms with Crippen LogP contribution in [0.25, 0.3) is 0 Å². The summed E-state index contributed by atoms with van der Waals surface area (Å²) in [6, 6.07) is 1.93. The SMILES string of the molecule is COC(C)Cc1nc(=S)cc(C(C)(C)C)[nH]1. The number of nitrogens with one attached hydrogen (secondary N) is 1. The van der Waals surface area contributed by atoms with Gasteiger partial charge in [0.05, 0.1) is 6.10 Å². The summed E-state index contributed by atoms with van der Waals surface area (Å²) in [6.45, 7) is 8.47. The minimum Gasteiger partial charge on any atom is -0.381 e. The summed E-state index contributed by atoms with van der Waals surface area (Å²) in [5.41, 5.74) is 1.17. The van der Waals surface area contributed by atoms with Crippen LogP contribution in [0.15, 0.2) is 6.07 Å². The van der Waals surface area contributed by atoms with Crippen molar-refractivity contribution >= 4 is 12.2 Å². The number of methoxy groups -OCH3 is 1. The first-order chi connectivity index (χ1) is 7.32. The van der Waals surface area contributed by atoms with Gasteiger partial charge < -0.3 is 9.72 Å². The Bertz CT molecular complexity index is 406. The summed E-state index contributed by atoms with van der Waals surface area (Å²) < 4.78 is 5.87. The monoisotopic (exact) mass is 240 g/mol. The van der Waals surface area contributed by atoms with Gasteiger partial charge in [-0.05, 0) is 13.0 Å². The van der Waals surface area contributed by atoms with Crippen LogP contribution in [0.4, 0.5) is 0 Å². The zero-order chi connectivity index (χ0) is 12.3. The fraction of sp³-hybridized carbons (Fsp3) is 0.667. The van der Waals surface area contributed by atoms with Gasteiger partial charge in [-0.3, -0.25) is 0 Å². The van der Waals surface area contributed by atoms with Gasteiger partial charge in [0.2, 0.25) is 0 Å². The van der Waals surface area contributed by atoms with Crippen molar-refractivity contribution in [2.75, 3.05) is 7.11 Å². The second-order valence-corrected chi connectivity index (χ2v) is 5.50. The lowest BCUT2D eigenvalue weighted by Crippen LogP contribution is -2.18. The highest BCUT2D eigenvalue weighted by atomic mass is 32.1. The molecule has 1 unspecified atom stereocenters. The second-order valence-electron chi connectivity index (χ2n) is 5.08. The number of ether oxygens (including phenoxy) is 1. The lowest BCUT2D eigenvalue weighted by Gasteiger charge is -2.20. The summed E-state index contributed by atoms with van der Waals surface area (Å²) in [7, 11) is 1.70. The first-order valence-electron chi connectivity index (χ1n) is 5.46. The van der Waals surface area contributed by atoms with Gasteiger partial charge in [-0.15, -0.1) is 0 Å². The van der Waals surface area contributed by atoms with Crippen LogP contribution in [0.1, 0.15) is 39.2 Å². The van der Waals surface area contributed by atoms with E-state index in [9.17, 15) is 0 Å². The maximum atomic E-state index is 5.23. The number of rotatable bonds is 3. The Balaban J connectivity index is 3.04. The Hall–Kier alpha value is -0.740. The molecule has 0 saturated carbocycles. The van der Waals surface area contributed by atoms with Crippen molar-refractivity contribution in [1.29, 1.82) is 0 Å². The van der Waals surface area contributed by atoms with Crippen LogP contribution >= 0.6 is 12.2 Å². The van der Waals surface area contributed by atoms with E-state index in [-0.39, 0.29) is 11.5 Å². The van der Waals surface area contributed by atoms with E-state index in [1.54, 1.807) is 7.11 Å². The standard InChI is InChI=1S/C12H20N2OS/c1-8(15-5)6-10-13-9(12(2,3)4)7-11(16)14-10/h7-8H,6H2,1-5H3,(H,13,14,16). The highest BCUT2D eigenvalue weighted by Gasteiger charge is 2.16. The smallest absolute Gasteiger partial charge is 0.130 e. The molecule has 0 fully saturated rings. The molecule has 4 heteroatoms. The molecule has 1 N–H and O–H groups in total. The summed E-state index contributed by atoms with van der Waals surface area (Å²) in [4.78, 5) is 7.65. The minimum atomic E-state index is 0.0571. The van der Waals surface area contributed by atoms with Crippen molar-refractivity contribution in [3.8, 4) is 0 Å². The molecule has 0 amide bonds. The zero-order valence-electron chi connectivity index (χ0n) is 10.6. The third-order valence-corrected chi connectivity index (χ3v) is 2.69. The van der Waals surface area contributed by atoms with E-state index in [0.717, 1.165) is 17.9 Å². The fourth-order valence-electron chi connectivity index (χ4n) is 1.36. The number of hydrogen-bond donors (Lipinski definition) is 1. The Kier molecular flexibility index (Phi) is 4.21. The van der Waals surface area contributed by atoms with E-state index in [0.29, 0.717) is 4.64 Å². The summed E-state index contributed by atoms with van der Waals surface area (Å²) in [6.07, 6.45) is 0.901. The largest absolute Gasteiger partial charge is 0.381 e. The molecule has 0 aliphatic carbocycles. The van der Waals surface area contributed by atoms with E-state index in [1.165, 1.54) is 0 Å². The molecular formula is C12H20N2OS. The predicted octanol–water partition coefficient (Wildman–Crippen LogP) is 3.01. The molecule has 0 aromatic carbocycles. The molecule has 1 aromatic heterocycles. The average molecular weight is 240 g/mol. The quantitative estimate of drug-likeness (QED) is 0.825. The van der Waals surface area contributed by atoms with E-state index >= 15 is 0 Å². The molecule has 16 heavy (non-hydrogen) atoms. The van der Waals surface area contributed by atoms with Gasteiger partial charge in [-0.2, -0.15) is 0 Å². The molecule has 1 rings (SSSR count). The van der Waals surface area contributed by atoms with Crippen molar-refractivity contribution in [2.24, 2.45) is 0 Å². The molecular weight excluding hydrogens is 220 g/mol. The lowest BCUT2D eigenvalue weighted by atomic mass is 9.92. The Morgan fingerprint density at radius 1 is 1.50 bits per heavy atom. The van der Waals surface area contributed by atoms with Crippen LogP contribution in [-0.2, 0) is 16.6 Å². The van der Waals surface area contributed by atoms with Crippen molar-refractivity contribution in [2.45, 2.75) is 45.6 Å². The molecule has 0 radical (unpaired) electrons. The van der Waals surface area contributed by atoms with Gasteiger partial charge in [-0.1, -0.05) is 33.0 Å². The Morgan fingerprint density at radius 2 is 2.12 bits per heavy atom. The summed E-state index contributed by atoms with van der Waals surface area (Å²) in [5.74, 6) is 0.895. The molecule has 1 heterocycles. The normalized spacial score (nSPS) is 13.8. The Morgan fingerprint density at radius 3 is 2.62 bits per heavy atom. The lowest BCUT2D eigenvalue weighted by molar-refractivity contribution is 0.117. The molecule has 0 spiro atoms. The highest BCUT2D eigenvalue weighted by molar-refractivity contribution is 7.71. The second kappa shape index (κ2) is 5.06. The first kappa shape index (κ1) is 13.3. The molecule has 3 nitrogen and oxygen atoms in total. The highest BCUT2D eigenvalue weighted by Crippen LogP contribution is 2.20. The summed E-state index contributed by atoms with van der Waals surface area (Å²) >= 11 is 5.17. The van der Waals surface area contributed by atoms with Crippen LogP contribution in [0, 0.1) is 4.64 Å². The van der Waals surface area contributed by atoms with Crippen LogP contribution in [0.5, 0.6) is 0 Å². The molecule has 0 aliphatic heterocycles. The van der Waals surface area contributed by atoms with E-state index in [2.05, 4.69) is 30.7 Å². The predicted molar refractivity (Wildman–Crippen MR) is 68.3 cm³/mol. The number of hydrogen-bond acceptors (Lipinski definition) is 3. The van der Waals surface area contributed by atoms with Crippen molar-refractivity contribution in [3.63, 3.8) is 0 Å². The van der Waals surface area contributed by atoms with E-state index < -0.39 is 0 Å². The fourth-order valence-corrected chi connectivity index (χ4v) is 1.59. The van der Waals surface area contributed by atoms with Crippen LogP contribution < -0.4 is 0 Å². The molecule has 0 bridgehead atoms. The van der Waals surface area contributed by atoms with Crippen LogP contribution in [-0.4, -0.2) is 23.2 Å². The molecule has 1 atom stereocenters. The summed E-state index contributed by atoms with van der Waals surface area (Å²) in [5, 5.41) is 0. The number of nitrogens with zero attached hydrogens (tertiary/aromatic N) is 1. The van der Waals surface area contributed by atoms with E-state index in [4.69, 9.17) is 17.0 Å². The average Bonchev–Trinajstić information content (AvgIpc) is 2.15. The zero-order valence-corrected chi connectivity index (χ0v) is 11.4. The van der Waals surface area contributed by atoms with Crippen LogP contribution in [0.3, 0.4) is 0 Å².